The first-order valence-electron chi connectivity index (χ1n) is 5.24. The van der Waals surface area contributed by atoms with Gasteiger partial charge in [0.2, 0.25) is 0 Å². The van der Waals surface area contributed by atoms with Gasteiger partial charge in [-0.05, 0) is 0 Å². The summed E-state index contributed by atoms with van der Waals surface area (Å²) in [5, 5.41) is 17.1. The molecule has 0 spiro atoms. The number of carbonyl (C=O) groups is 1. The summed E-state index contributed by atoms with van der Waals surface area (Å²) >= 11 is 0. The summed E-state index contributed by atoms with van der Waals surface area (Å²) in [4.78, 5) is 10.5. The monoisotopic (exact) mass is 402 g/mol. The third kappa shape index (κ3) is 4.12. The van der Waals surface area contributed by atoms with Crippen molar-refractivity contribution in [2.75, 3.05) is 0 Å². The third-order valence-electron chi connectivity index (χ3n) is 2.16. The average Bonchev–Trinajstić information content (AvgIpc) is 2.34. The molecular weight excluding hydrogens is 397 g/mol. The highest BCUT2D eigenvalue weighted by Gasteiger charge is 2.81. The molecule has 0 saturated carbocycles. The highest BCUT2D eigenvalue weighted by molar-refractivity contribution is 5.81. The number of alkyl halides is 11. The van der Waals surface area contributed by atoms with Gasteiger partial charge < -0.3 is 14.9 Å². The van der Waals surface area contributed by atoms with Gasteiger partial charge in [-0.3, -0.25) is 0 Å². The number of aliphatic hydroxyl groups is 2. The maximum atomic E-state index is 13.1. The average molecular weight is 402 g/mol. The molecule has 0 atom stereocenters. The molecule has 0 aliphatic rings. The molecular formula is C9H5F11O5. The normalized spacial score (nSPS) is 15.1. The Morgan fingerprint density at radius 2 is 1.16 bits per heavy atom. The molecule has 0 aromatic heterocycles. The van der Waals surface area contributed by atoms with Crippen LogP contribution in [0.15, 0.2) is 12.7 Å². The Morgan fingerprint density at radius 1 is 0.800 bits per heavy atom. The van der Waals surface area contributed by atoms with E-state index in [4.69, 9.17) is 10.2 Å². The maximum Gasteiger partial charge on any atom is 0.462 e. The van der Waals surface area contributed by atoms with Crippen LogP contribution >= 0.6 is 0 Å². The van der Waals surface area contributed by atoms with Crippen LogP contribution in [0, 0.1) is 0 Å². The molecule has 16 heteroatoms. The van der Waals surface area contributed by atoms with Gasteiger partial charge in [-0.15, -0.1) is 0 Å². The van der Waals surface area contributed by atoms with Gasteiger partial charge in [-0.2, -0.15) is 48.3 Å². The quantitative estimate of drug-likeness (QED) is 0.296. The minimum Gasteiger partial charge on any atom is -0.400 e. The van der Waals surface area contributed by atoms with Crippen molar-refractivity contribution in [1.82, 2.24) is 0 Å². The Labute approximate surface area is 129 Å². The number of hydrogen-bond acceptors (Lipinski definition) is 5. The second kappa shape index (κ2) is 6.24. The van der Waals surface area contributed by atoms with Gasteiger partial charge in [-0.25, -0.2) is 9.53 Å². The molecule has 0 unspecified atom stereocenters. The Bertz CT molecular complexity index is 525. The fourth-order valence-electron chi connectivity index (χ4n) is 0.890. The standard InChI is InChI=1S/C9H5F11O5/c1-2-3(21)24-9(22,23)5(12,13)8(19,20)25-7(17,18)4(10,11)6(14,15)16/h2,22-23H,1H2. The van der Waals surface area contributed by atoms with E-state index in [9.17, 15) is 53.1 Å². The van der Waals surface area contributed by atoms with Crippen LogP contribution in [0.1, 0.15) is 0 Å². The molecule has 148 valence electrons. The van der Waals surface area contributed by atoms with Crippen LogP contribution in [0.5, 0.6) is 0 Å². The minimum absolute atomic E-state index is 0.108. The van der Waals surface area contributed by atoms with Gasteiger partial charge in [0.25, 0.3) is 0 Å². The molecule has 0 heterocycles. The predicted octanol–water partition coefficient (Wildman–Crippen LogP) is 2.39. The van der Waals surface area contributed by atoms with E-state index in [0.717, 1.165) is 0 Å². The second-order valence-electron chi connectivity index (χ2n) is 4.02. The topological polar surface area (TPSA) is 76.0 Å². The van der Waals surface area contributed by atoms with Crippen molar-refractivity contribution in [3.05, 3.63) is 12.7 Å². The van der Waals surface area contributed by atoms with Crippen LogP contribution in [-0.2, 0) is 14.3 Å². The lowest BCUT2D eigenvalue weighted by atomic mass is 10.2. The smallest absolute Gasteiger partial charge is 0.400 e. The molecule has 0 amide bonds. The zero-order valence-corrected chi connectivity index (χ0v) is 11.1. The largest absolute Gasteiger partial charge is 0.462 e. The first-order valence-corrected chi connectivity index (χ1v) is 5.24. The van der Waals surface area contributed by atoms with Crippen molar-refractivity contribution < 1.29 is 72.8 Å². The molecule has 0 aliphatic carbocycles. The zero-order valence-electron chi connectivity index (χ0n) is 11.1. The van der Waals surface area contributed by atoms with Gasteiger partial charge >= 0.3 is 42.2 Å². The molecule has 0 aliphatic heterocycles. The van der Waals surface area contributed by atoms with Gasteiger partial charge in [0.15, 0.2) is 0 Å². The lowest BCUT2D eigenvalue weighted by molar-refractivity contribution is -0.534. The summed E-state index contributed by atoms with van der Waals surface area (Å²) in [6.45, 7) is 2.50. The van der Waals surface area contributed by atoms with E-state index in [1.807, 2.05) is 0 Å². The molecule has 0 aromatic rings. The number of halogens is 11. The van der Waals surface area contributed by atoms with Crippen LogP contribution in [0.2, 0.25) is 0 Å². The van der Waals surface area contributed by atoms with E-state index in [-0.39, 0.29) is 6.08 Å². The van der Waals surface area contributed by atoms with E-state index in [0.29, 0.717) is 0 Å². The Balaban J connectivity index is 5.83. The van der Waals surface area contributed by atoms with Crippen LogP contribution in [0.4, 0.5) is 48.3 Å². The summed E-state index contributed by atoms with van der Waals surface area (Å²) in [6, 6.07) is 0. The van der Waals surface area contributed by atoms with Crippen LogP contribution in [-0.4, -0.2) is 52.4 Å². The highest BCUT2D eigenvalue weighted by atomic mass is 19.4. The first-order chi connectivity index (χ1) is 10.7. The summed E-state index contributed by atoms with van der Waals surface area (Å²) < 4.78 is 142. The number of esters is 1. The van der Waals surface area contributed by atoms with Gasteiger partial charge in [0.1, 0.15) is 0 Å². The maximum absolute atomic E-state index is 13.1. The van der Waals surface area contributed by atoms with Crippen LogP contribution in [0.3, 0.4) is 0 Å². The molecule has 0 fully saturated rings. The number of rotatable bonds is 7. The van der Waals surface area contributed by atoms with E-state index in [1.54, 1.807) is 4.74 Å². The Hall–Kier alpha value is -1.68. The molecule has 25 heavy (non-hydrogen) atoms. The molecule has 2 N–H and O–H groups in total. The van der Waals surface area contributed by atoms with Gasteiger partial charge in [0.05, 0.1) is 0 Å². The summed E-state index contributed by atoms with van der Waals surface area (Å²) in [5.41, 5.74) is 0. The van der Waals surface area contributed by atoms with Crippen LogP contribution in [0.25, 0.3) is 0 Å². The molecule has 0 bridgehead atoms. The van der Waals surface area contributed by atoms with E-state index < -0.39 is 42.2 Å². The second-order valence-corrected chi connectivity index (χ2v) is 4.02. The Kier molecular flexibility index (Phi) is 5.82. The molecule has 0 rings (SSSR count). The van der Waals surface area contributed by atoms with Crippen molar-refractivity contribution in [3.63, 3.8) is 0 Å². The molecule has 0 saturated heterocycles. The summed E-state index contributed by atoms with van der Waals surface area (Å²) in [7, 11) is 0. The summed E-state index contributed by atoms with van der Waals surface area (Å²) in [6.07, 6.45) is -21.7. The lowest BCUT2D eigenvalue weighted by Crippen LogP contribution is -2.65. The fraction of sp³-hybridized carbons (Fsp3) is 0.667. The number of hydrogen-bond donors (Lipinski definition) is 2. The molecule has 0 aromatic carbocycles. The van der Waals surface area contributed by atoms with E-state index >= 15 is 0 Å². The molecule has 5 nitrogen and oxygen atoms in total. The Morgan fingerprint density at radius 3 is 1.48 bits per heavy atom. The lowest BCUT2D eigenvalue weighted by Gasteiger charge is -2.36. The van der Waals surface area contributed by atoms with Crippen molar-refractivity contribution in [2.45, 2.75) is 36.2 Å². The van der Waals surface area contributed by atoms with Gasteiger partial charge in [0, 0.05) is 6.08 Å². The number of carbonyl (C=O) groups excluding carboxylic acids is 1. The fourth-order valence-corrected chi connectivity index (χ4v) is 0.890. The van der Waals surface area contributed by atoms with Crippen molar-refractivity contribution in [2.24, 2.45) is 0 Å². The molecule has 0 radical (unpaired) electrons. The van der Waals surface area contributed by atoms with Crippen LogP contribution < -0.4 is 0 Å². The van der Waals surface area contributed by atoms with E-state index in [1.165, 1.54) is 0 Å². The van der Waals surface area contributed by atoms with E-state index in [2.05, 4.69) is 11.3 Å². The minimum atomic E-state index is -7.38. The van der Waals surface area contributed by atoms with Gasteiger partial charge in [-0.1, -0.05) is 6.58 Å². The first kappa shape index (κ1) is 23.3. The summed E-state index contributed by atoms with van der Waals surface area (Å²) in [5.74, 6) is -22.1. The van der Waals surface area contributed by atoms with Crippen molar-refractivity contribution in [3.8, 4) is 0 Å². The predicted molar refractivity (Wildman–Crippen MR) is 50.4 cm³/mol. The zero-order chi connectivity index (χ0) is 20.7. The highest BCUT2D eigenvalue weighted by Crippen LogP contribution is 2.52. The van der Waals surface area contributed by atoms with Crippen molar-refractivity contribution >= 4 is 5.97 Å². The number of ether oxygens (including phenoxy) is 2. The SMILES string of the molecule is C=CC(=O)OC(O)(O)C(F)(F)C(F)(F)OC(F)(F)C(F)(F)C(F)(F)F. The van der Waals surface area contributed by atoms with Crippen molar-refractivity contribution in [1.29, 1.82) is 0 Å². The third-order valence-corrected chi connectivity index (χ3v) is 2.16.